The molecule has 1 aromatic carbocycles. The van der Waals surface area contributed by atoms with E-state index in [2.05, 4.69) is 0 Å². The SMILES string of the molecule is COC1=C(OCC2=C(F)CC=C(F)C=C2)CC=CC(CN(C=O)CCN)=C1.Cc1ccc(F)cc1. The van der Waals surface area contributed by atoms with Gasteiger partial charge in [-0.15, -0.1) is 0 Å². The summed E-state index contributed by atoms with van der Waals surface area (Å²) >= 11 is 0. The zero-order chi connectivity index (χ0) is 25.6. The molecule has 0 bridgehead atoms. The van der Waals surface area contributed by atoms with Gasteiger partial charge in [0.1, 0.15) is 29.8 Å². The molecule has 188 valence electrons. The summed E-state index contributed by atoms with van der Waals surface area (Å²) in [5.41, 5.74) is 7.73. The van der Waals surface area contributed by atoms with E-state index >= 15 is 0 Å². The third-order valence-electron chi connectivity index (χ3n) is 5.08. The lowest BCUT2D eigenvalue weighted by Crippen LogP contribution is -2.29. The van der Waals surface area contributed by atoms with E-state index in [0.717, 1.165) is 17.5 Å². The lowest BCUT2D eigenvalue weighted by Gasteiger charge is -2.17. The molecule has 0 atom stereocenters. The first-order valence-corrected chi connectivity index (χ1v) is 11.2. The minimum absolute atomic E-state index is 0.0315. The highest BCUT2D eigenvalue weighted by Crippen LogP contribution is 2.24. The molecule has 0 aromatic heterocycles. The van der Waals surface area contributed by atoms with E-state index in [1.165, 1.54) is 37.5 Å². The number of ether oxygens (including phenoxy) is 2. The molecule has 0 radical (unpaired) electrons. The van der Waals surface area contributed by atoms with Gasteiger partial charge in [0.2, 0.25) is 6.41 Å². The Morgan fingerprint density at radius 3 is 2.46 bits per heavy atom. The van der Waals surface area contributed by atoms with Gasteiger partial charge in [0.05, 0.1) is 7.11 Å². The summed E-state index contributed by atoms with van der Waals surface area (Å²) in [4.78, 5) is 12.7. The number of amides is 1. The number of carbonyl (C=O) groups is 1. The van der Waals surface area contributed by atoms with Gasteiger partial charge in [-0.25, -0.2) is 13.2 Å². The monoisotopic (exact) mass is 488 g/mol. The summed E-state index contributed by atoms with van der Waals surface area (Å²) in [5.74, 6) is -0.0416. The van der Waals surface area contributed by atoms with Crippen molar-refractivity contribution in [3.05, 3.63) is 106 Å². The Morgan fingerprint density at radius 1 is 1.09 bits per heavy atom. The Labute approximate surface area is 204 Å². The number of halogens is 3. The Kier molecular flexibility index (Phi) is 11.6. The van der Waals surface area contributed by atoms with Crippen molar-refractivity contribution >= 4 is 6.41 Å². The number of nitrogens with two attached hydrogens (primary N) is 1. The van der Waals surface area contributed by atoms with Crippen LogP contribution in [0.25, 0.3) is 0 Å². The summed E-state index contributed by atoms with van der Waals surface area (Å²) in [5, 5.41) is 0. The second kappa shape index (κ2) is 14.7. The highest BCUT2D eigenvalue weighted by molar-refractivity contribution is 5.49. The number of rotatable bonds is 9. The van der Waals surface area contributed by atoms with Crippen LogP contribution in [0.2, 0.25) is 0 Å². The van der Waals surface area contributed by atoms with E-state index in [1.54, 1.807) is 23.1 Å². The first kappa shape index (κ1) is 27.7. The van der Waals surface area contributed by atoms with E-state index in [1.807, 2.05) is 19.1 Å². The number of hydrogen-bond acceptors (Lipinski definition) is 4. The van der Waals surface area contributed by atoms with Crippen LogP contribution < -0.4 is 5.73 Å². The summed E-state index contributed by atoms with van der Waals surface area (Å²) in [6, 6.07) is 6.40. The molecule has 3 rings (SSSR count). The molecule has 35 heavy (non-hydrogen) atoms. The van der Waals surface area contributed by atoms with Crippen molar-refractivity contribution in [2.24, 2.45) is 5.73 Å². The van der Waals surface area contributed by atoms with Crippen molar-refractivity contribution < 1.29 is 27.4 Å². The van der Waals surface area contributed by atoms with Crippen LogP contribution >= 0.6 is 0 Å². The molecule has 0 fully saturated rings. The zero-order valence-electron chi connectivity index (χ0n) is 20.0. The largest absolute Gasteiger partial charge is 0.493 e. The Hall–Kier alpha value is -3.52. The normalized spacial score (nSPS) is 15.4. The lowest BCUT2D eigenvalue weighted by molar-refractivity contribution is -0.117. The standard InChI is InChI=1S/C20H24F2N2O3.C7H7F/c1-26-20-11-15(12-24(14-25)10-9-23)3-2-4-19(20)27-13-16-5-6-17(21)7-8-18(16)22;1-6-2-4-7(8)5-3-6/h2-3,5-7,11,14H,4,8-10,12-13,23H2,1H3;2-5H,1H3. The van der Waals surface area contributed by atoms with Crippen molar-refractivity contribution in [3.8, 4) is 0 Å². The number of benzene rings is 1. The molecule has 0 aliphatic heterocycles. The second-order valence-corrected chi connectivity index (χ2v) is 7.82. The van der Waals surface area contributed by atoms with Crippen LogP contribution in [0.5, 0.6) is 0 Å². The van der Waals surface area contributed by atoms with E-state index in [-0.39, 0.29) is 24.4 Å². The quantitative estimate of drug-likeness (QED) is 0.477. The Bertz CT molecular complexity index is 1020. The Morgan fingerprint density at radius 2 is 1.83 bits per heavy atom. The van der Waals surface area contributed by atoms with Crippen molar-refractivity contribution in [2.75, 3.05) is 33.4 Å². The molecule has 1 amide bonds. The summed E-state index contributed by atoms with van der Waals surface area (Å²) in [7, 11) is 1.51. The molecule has 0 heterocycles. The molecule has 0 spiro atoms. The van der Waals surface area contributed by atoms with Crippen LogP contribution in [-0.2, 0) is 14.3 Å². The molecule has 2 aliphatic carbocycles. The van der Waals surface area contributed by atoms with Crippen LogP contribution in [0.3, 0.4) is 0 Å². The number of carbonyl (C=O) groups excluding carboxylic acids is 1. The number of allylic oxidation sites excluding steroid dienone is 6. The first-order chi connectivity index (χ1) is 16.9. The molecule has 1 aromatic rings. The highest BCUT2D eigenvalue weighted by Gasteiger charge is 2.14. The van der Waals surface area contributed by atoms with E-state index in [9.17, 15) is 18.0 Å². The second-order valence-electron chi connectivity index (χ2n) is 7.82. The van der Waals surface area contributed by atoms with Gasteiger partial charge in [-0.3, -0.25) is 4.79 Å². The Balaban J connectivity index is 0.000000456. The third-order valence-corrected chi connectivity index (χ3v) is 5.08. The van der Waals surface area contributed by atoms with Crippen molar-refractivity contribution in [1.82, 2.24) is 4.90 Å². The van der Waals surface area contributed by atoms with Gasteiger partial charge < -0.3 is 20.1 Å². The number of hydrogen-bond donors (Lipinski definition) is 1. The average Bonchev–Trinajstić information content (AvgIpc) is 3.15. The molecular formula is C27H31F3N2O3. The predicted octanol–water partition coefficient (Wildman–Crippen LogP) is 5.34. The molecule has 2 aliphatic rings. The smallest absolute Gasteiger partial charge is 0.210 e. The van der Waals surface area contributed by atoms with Crippen LogP contribution in [0.15, 0.2) is 95.0 Å². The number of nitrogens with zero attached hydrogens (tertiary/aromatic N) is 1. The van der Waals surface area contributed by atoms with Gasteiger partial charge in [-0.1, -0.05) is 35.9 Å². The van der Waals surface area contributed by atoms with Gasteiger partial charge in [-0.2, -0.15) is 0 Å². The van der Waals surface area contributed by atoms with E-state index < -0.39 is 11.7 Å². The minimum Gasteiger partial charge on any atom is -0.493 e. The van der Waals surface area contributed by atoms with Crippen LogP contribution in [0.4, 0.5) is 13.2 Å². The maximum Gasteiger partial charge on any atom is 0.210 e. The maximum atomic E-state index is 14.0. The fraction of sp³-hybridized carbons (Fsp3) is 0.296. The fourth-order valence-electron chi connectivity index (χ4n) is 3.17. The molecule has 0 saturated carbocycles. The molecule has 8 heteroatoms. The molecule has 5 nitrogen and oxygen atoms in total. The van der Waals surface area contributed by atoms with Crippen molar-refractivity contribution in [2.45, 2.75) is 19.8 Å². The van der Waals surface area contributed by atoms with Crippen LogP contribution in [0, 0.1) is 12.7 Å². The molecular weight excluding hydrogens is 457 g/mol. The zero-order valence-corrected chi connectivity index (χ0v) is 20.0. The van der Waals surface area contributed by atoms with Gasteiger partial charge >= 0.3 is 0 Å². The van der Waals surface area contributed by atoms with E-state index in [0.29, 0.717) is 37.6 Å². The number of methoxy groups -OCH3 is 1. The van der Waals surface area contributed by atoms with Gasteiger partial charge in [-0.05, 0) is 42.9 Å². The van der Waals surface area contributed by atoms with E-state index in [4.69, 9.17) is 15.2 Å². The lowest BCUT2D eigenvalue weighted by atomic mass is 10.2. The summed E-state index contributed by atoms with van der Waals surface area (Å²) < 4.78 is 50.5. The average molecular weight is 489 g/mol. The topological polar surface area (TPSA) is 64.8 Å². The van der Waals surface area contributed by atoms with Crippen molar-refractivity contribution in [1.29, 1.82) is 0 Å². The summed E-state index contributed by atoms with van der Waals surface area (Å²) in [6.45, 7) is 3.12. The van der Waals surface area contributed by atoms with Gasteiger partial charge in [0.15, 0.2) is 5.76 Å². The molecule has 0 saturated heterocycles. The van der Waals surface area contributed by atoms with Gasteiger partial charge in [0.25, 0.3) is 0 Å². The maximum absolute atomic E-state index is 14.0. The van der Waals surface area contributed by atoms with Crippen LogP contribution in [0.1, 0.15) is 18.4 Å². The molecule has 0 unspecified atom stereocenters. The minimum atomic E-state index is -0.473. The first-order valence-electron chi connectivity index (χ1n) is 11.2. The summed E-state index contributed by atoms with van der Waals surface area (Å²) in [6.07, 6.45) is 10.4. The number of aryl methyl sites for hydroxylation is 1. The third kappa shape index (κ3) is 9.70. The van der Waals surface area contributed by atoms with Crippen LogP contribution in [-0.4, -0.2) is 44.7 Å². The van der Waals surface area contributed by atoms with Crippen molar-refractivity contribution in [3.63, 3.8) is 0 Å². The molecule has 2 N–H and O–H groups in total. The van der Waals surface area contributed by atoms with Gasteiger partial charge in [0, 0.05) is 38.0 Å². The predicted molar refractivity (Wildman–Crippen MR) is 131 cm³/mol. The fourth-order valence-corrected chi connectivity index (χ4v) is 3.17. The highest BCUT2D eigenvalue weighted by atomic mass is 19.1.